The average molecular weight is 667 g/mol. The summed E-state index contributed by atoms with van der Waals surface area (Å²) in [6.07, 6.45) is 0. The van der Waals surface area contributed by atoms with Crippen LogP contribution in [0.15, 0.2) is 158 Å². The second-order valence-corrected chi connectivity index (χ2v) is 12.7. The molecule has 0 radical (unpaired) electrons. The number of fused-ring (bicyclic) bond motifs is 4. The summed E-state index contributed by atoms with van der Waals surface area (Å²) in [4.78, 5) is 29.6. The van der Waals surface area contributed by atoms with Gasteiger partial charge in [0.05, 0.1) is 56.8 Å². The number of anilines is 1. The molecule has 0 spiro atoms. The Bertz CT molecular complexity index is 2740. The van der Waals surface area contributed by atoms with Crippen LogP contribution in [-0.4, -0.2) is 16.4 Å². The molecule has 0 atom stereocenters. The quantitative estimate of drug-likeness (QED) is 0.171. The number of aromatic nitrogens is 1. The summed E-state index contributed by atoms with van der Waals surface area (Å²) in [5.74, 6) is -0.766. The van der Waals surface area contributed by atoms with Crippen molar-refractivity contribution in [3.8, 4) is 51.2 Å². The summed E-state index contributed by atoms with van der Waals surface area (Å²) >= 11 is 0. The minimum absolute atomic E-state index is 0.330. The van der Waals surface area contributed by atoms with Gasteiger partial charge in [-0.25, -0.2) is 4.90 Å². The fourth-order valence-corrected chi connectivity index (χ4v) is 7.40. The van der Waals surface area contributed by atoms with E-state index in [9.17, 15) is 20.1 Å². The Labute approximate surface area is 299 Å². The van der Waals surface area contributed by atoms with Crippen molar-refractivity contribution in [1.29, 1.82) is 10.5 Å². The molecule has 6 heteroatoms. The molecule has 2 amide bonds. The standard InChI is InChI=1S/C46H26N4O2/c47-27-33-11-4-6-13-36(33)31-19-23-41-39(25-31)40-26-32(37-14-7-5-12-34(37)28-48)20-24-42(40)50(41)43-16-8-15-38-44(43)46(52)49(45(38)51)35-21-17-30(18-22-35)29-9-2-1-3-10-29/h1-26H. The van der Waals surface area contributed by atoms with Gasteiger partial charge in [0.2, 0.25) is 0 Å². The van der Waals surface area contributed by atoms with Crippen LogP contribution >= 0.6 is 0 Å². The summed E-state index contributed by atoms with van der Waals surface area (Å²) < 4.78 is 2.04. The molecule has 0 bridgehead atoms. The fraction of sp³-hybridized carbons (Fsp3) is 0. The smallest absolute Gasteiger partial charge is 0.268 e. The molecule has 1 aliphatic heterocycles. The number of hydrogen-bond donors (Lipinski definition) is 0. The predicted octanol–water partition coefficient (Wildman–Crippen LogP) is 10.3. The van der Waals surface area contributed by atoms with Crippen molar-refractivity contribution in [2.24, 2.45) is 0 Å². The Hall–Kier alpha value is -7.54. The van der Waals surface area contributed by atoms with Gasteiger partial charge < -0.3 is 4.57 Å². The number of rotatable bonds is 5. The van der Waals surface area contributed by atoms with Crippen LogP contribution in [0.5, 0.6) is 0 Å². The normalized spacial score (nSPS) is 12.2. The van der Waals surface area contributed by atoms with Crippen molar-refractivity contribution in [3.05, 3.63) is 180 Å². The molecule has 0 saturated heterocycles. The molecule has 9 rings (SSSR count). The molecule has 0 N–H and O–H groups in total. The average Bonchev–Trinajstić information content (AvgIpc) is 3.67. The zero-order valence-electron chi connectivity index (χ0n) is 27.6. The lowest BCUT2D eigenvalue weighted by atomic mass is 9.96. The van der Waals surface area contributed by atoms with Crippen LogP contribution in [0.2, 0.25) is 0 Å². The minimum Gasteiger partial charge on any atom is -0.308 e. The molecule has 0 aliphatic carbocycles. The third-order valence-corrected chi connectivity index (χ3v) is 9.85. The van der Waals surface area contributed by atoms with Crippen LogP contribution in [0, 0.1) is 22.7 Å². The van der Waals surface area contributed by atoms with E-state index in [1.807, 2.05) is 132 Å². The first-order valence-corrected chi connectivity index (χ1v) is 16.8. The third kappa shape index (κ3) is 4.71. The highest BCUT2D eigenvalue weighted by atomic mass is 16.2. The summed E-state index contributed by atoms with van der Waals surface area (Å²) in [6.45, 7) is 0. The van der Waals surface area contributed by atoms with Crippen LogP contribution in [0.3, 0.4) is 0 Å². The number of nitriles is 2. The van der Waals surface area contributed by atoms with Gasteiger partial charge in [0.15, 0.2) is 0 Å². The van der Waals surface area contributed by atoms with E-state index in [1.54, 1.807) is 18.2 Å². The zero-order valence-corrected chi connectivity index (χ0v) is 27.6. The SMILES string of the molecule is N#Cc1ccccc1-c1ccc2c(c1)c1cc(-c3ccccc3C#N)ccc1n2-c1cccc2c1C(=O)N(c1ccc(-c3ccccc3)cc1)C2=O. The first kappa shape index (κ1) is 30.5. The van der Waals surface area contributed by atoms with Crippen LogP contribution in [0.4, 0.5) is 5.69 Å². The van der Waals surface area contributed by atoms with Crippen molar-refractivity contribution in [2.75, 3.05) is 4.90 Å². The molecule has 242 valence electrons. The Balaban J connectivity index is 1.24. The summed E-state index contributed by atoms with van der Waals surface area (Å²) in [5, 5.41) is 21.6. The van der Waals surface area contributed by atoms with Crippen LogP contribution in [0.25, 0.3) is 60.9 Å². The molecule has 0 unspecified atom stereocenters. The van der Waals surface area contributed by atoms with Crippen molar-refractivity contribution in [2.45, 2.75) is 0 Å². The molecular weight excluding hydrogens is 641 g/mol. The van der Waals surface area contributed by atoms with Crippen molar-refractivity contribution in [3.63, 3.8) is 0 Å². The Morgan fingerprint density at radius 3 is 1.52 bits per heavy atom. The van der Waals surface area contributed by atoms with E-state index < -0.39 is 5.91 Å². The van der Waals surface area contributed by atoms with E-state index >= 15 is 0 Å². The first-order chi connectivity index (χ1) is 25.6. The predicted molar refractivity (Wildman–Crippen MR) is 204 cm³/mol. The van der Waals surface area contributed by atoms with E-state index in [4.69, 9.17) is 0 Å². The van der Waals surface area contributed by atoms with Gasteiger partial charge in [-0.3, -0.25) is 9.59 Å². The van der Waals surface area contributed by atoms with Crippen LogP contribution in [-0.2, 0) is 0 Å². The van der Waals surface area contributed by atoms with Crippen molar-refractivity contribution >= 4 is 39.3 Å². The molecular formula is C46H26N4O2. The van der Waals surface area contributed by atoms with Crippen LogP contribution < -0.4 is 4.90 Å². The van der Waals surface area contributed by atoms with Gasteiger partial charge in [0, 0.05) is 10.8 Å². The largest absolute Gasteiger partial charge is 0.308 e. The fourth-order valence-electron chi connectivity index (χ4n) is 7.40. The lowest BCUT2D eigenvalue weighted by Gasteiger charge is -2.15. The lowest BCUT2D eigenvalue weighted by Crippen LogP contribution is -2.29. The van der Waals surface area contributed by atoms with Gasteiger partial charge >= 0.3 is 0 Å². The highest BCUT2D eigenvalue weighted by molar-refractivity contribution is 6.35. The molecule has 52 heavy (non-hydrogen) atoms. The summed E-state index contributed by atoms with van der Waals surface area (Å²) in [7, 11) is 0. The molecule has 2 heterocycles. The second-order valence-electron chi connectivity index (χ2n) is 12.7. The van der Waals surface area contributed by atoms with E-state index in [0.29, 0.717) is 33.6 Å². The molecule has 1 aromatic heterocycles. The maximum Gasteiger partial charge on any atom is 0.268 e. The number of amides is 2. The van der Waals surface area contributed by atoms with Gasteiger partial charge in [0.1, 0.15) is 0 Å². The molecule has 7 aromatic carbocycles. The van der Waals surface area contributed by atoms with Gasteiger partial charge in [-0.1, -0.05) is 97.1 Å². The number of nitrogens with zero attached hydrogens (tertiary/aromatic N) is 4. The zero-order chi connectivity index (χ0) is 35.3. The minimum atomic E-state index is -0.391. The van der Waals surface area contributed by atoms with Crippen molar-refractivity contribution in [1.82, 2.24) is 4.57 Å². The van der Waals surface area contributed by atoms with E-state index in [1.165, 1.54) is 4.90 Å². The van der Waals surface area contributed by atoms with Crippen LogP contribution in [0.1, 0.15) is 31.8 Å². The highest BCUT2D eigenvalue weighted by Gasteiger charge is 2.39. The van der Waals surface area contributed by atoms with E-state index in [2.05, 4.69) is 24.3 Å². The number of carbonyl (C=O) groups excluding carboxylic acids is 2. The molecule has 0 saturated carbocycles. The van der Waals surface area contributed by atoms with Gasteiger partial charge in [-0.2, -0.15) is 10.5 Å². The first-order valence-electron chi connectivity index (χ1n) is 16.8. The number of carbonyl (C=O) groups is 2. The van der Waals surface area contributed by atoms with Gasteiger partial charge in [-0.15, -0.1) is 0 Å². The molecule has 0 fully saturated rings. The maximum atomic E-state index is 14.4. The summed E-state index contributed by atoms with van der Waals surface area (Å²) in [5.41, 5.74) is 9.97. The Morgan fingerprint density at radius 1 is 0.442 bits per heavy atom. The second kappa shape index (κ2) is 12.1. The maximum absolute atomic E-state index is 14.4. The van der Waals surface area contributed by atoms with Crippen molar-refractivity contribution < 1.29 is 9.59 Å². The van der Waals surface area contributed by atoms with Gasteiger partial charge in [-0.05, 0) is 94.0 Å². The number of imide groups is 1. The topological polar surface area (TPSA) is 89.9 Å². The Morgan fingerprint density at radius 2 is 0.942 bits per heavy atom. The van der Waals surface area contributed by atoms with E-state index in [0.717, 1.165) is 55.2 Å². The van der Waals surface area contributed by atoms with Gasteiger partial charge in [0.25, 0.3) is 11.8 Å². The monoisotopic (exact) mass is 666 g/mol. The third-order valence-electron chi connectivity index (χ3n) is 9.85. The number of hydrogen-bond acceptors (Lipinski definition) is 4. The molecule has 1 aliphatic rings. The van der Waals surface area contributed by atoms with E-state index in [-0.39, 0.29) is 5.91 Å². The highest BCUT2D eigenvalue weighted by Crippen LogP contribution is 2.41. The Kier molecular flexibility index (Phi) is 7.10. The lowest BCUT2D eigenvalue weighted by molar-refractivity contribution is 0.0926. The summed E-state index contributed by atoms with van der Waals surface area (Å²) in [6, 6.07) is 54.5. The number of benzene rings is 7. The molecule has 6 nitrogen and oxygen atoms in total. The molecule has 8 aromatic rings.